The van der Waals surface area contributed by atoms with Crippen molar-refractivity contribution in [2.75, 3.05) is 9.80 Å². The van der Waals surface area contributed by atoms with Gasteiger partial charge in [-0.2, -0.15) is 0 Å². The maximum Gasteiger partial charge on any atom is 0.252 e. The van der Waals surface area contributed by atoms with Gasteiger partial charge in [0.15, 0.2) is 0 Å². The highest BCUT2D eigenvalue weighted by molar-refractivity contribution is 7.00. The number of nitrogens with zero attached hydrogens (tertiary/aromatic N) is 4. The lowest BCUT2D eigenvalue weighted by atomic mass is 9.33. The molecule has 0 radical (unpaired) electrons. The molecule has 0 saturated carbocycles. The lowest BCUT2D eigenvalue weighted by Crippen LogP contribution is -2.61. The summed E-state index contributed by atoms with van der Waals surface area (Å²) in [4.78, 5) is 5.61. The van der Waals surface area contributed by atoms with E-state index >= 15 is 0 Å². The molecule has 3 aromatic heterocycles. The predicted octanol–water partition coefficient (Wildman–Crippen LogP) is 35.3. The average molecular weight is 1800 g/mol. The van der Waals surface area contributed by atoms with Crippen molar-refractivity contribution in [2.45, 2.75) is 131 Å². The Bertz CT molecular complexity index is 8870. The average Bonchev–Trinajstić information content (AvgIpc) is 0.822. The Balaban J connectivity index is 0.856. The molecule has 19 aromatic carbocycles. The zero-order chi connectivity index (χ0) is 95.5. The number of para-hydroxylation sites is 2. The van der Waals surface area contributed by atoms with E-state index in [0.717, 1.165) is 151 Å². The van der Waals surface area contributed by atoms with E-state index in [2.05, 4.69) is 523 Å². The van der Waals surface area contributed by atoms with Crippen molar-refractivity contribution in [3.8, 4) is 123 Å². The van der Waals surface area contributed by atoms with Crippen LogP contribution in [0.2, 0.25) is 0 Å². The number of benzene rings is 19. The van der Waals surface area contributed by atoms with Crippen LogP contribution in [0, 0.1) is 0 Å². The van der Waals surface area contributed by atoms with Crippen LogP contribution in [0.4, 0.5) is 34.1 Å². The zero-order valence-corrected chi connectivity index (χ0v) is 82.4. The molecule has 0 N–H and O–H groups in total. The molecule has 6 heteroatoms. The Morgan fingerprint density at radius 1 is 0.200 bits per heavy atom. The first-order valence-corrected chi connectivity index (χ1v) is 49.8. The molecular weight excluding hydrogens is 1690 g/mol. The fourth-order valence-corrected chi connectivity index (χ4v) is 22.9. The van der Waals surface area contributed by atoms with Crippen molar-refractivity contribution in [2.24, 2.45) is 0 Å². The Morgan fingerprint density at radius 3 is 0.979 bits per heavy atom. The molecule has 0 atom stereocenters. The minimum atomic E-state index is -0.438. The minimum absolute atomic E-state index is 0.292. The van der Waals surface area contributed by atoms with E-state index < -0.39 is 5.41 Å². The first-order valence-electron chi connectivity index (χ1n) is 49.8. The summed E-state index contributed by atoms with van der Waals surface area (Å²) in [5, 5.41) is 6.91. The van der Waals surface area contributed by atoms with Gasteiger partial charge in [0.05, 0.1) is 33.4 Å². The van der Waals surface area contributed by atoms with Crippen LogP contribution in [0.3, 0.4) is 0 Å². The van der Waals surface area contributed by atoms with E-state index in [1.54, 1.807) is 0 Å². The van der Waals surface area contributed by atoms with Gasteiger partial charge in [-0.25, -0.2) is 0 Å². The van der Waals surface area contributed by atoms with Crippen LogP contribution >= 0.6 is 0 Å². The summed E-state index contributed by atoms with van der Waals surface area (Å²) in [5.41, 5.74) is 46.2. The van der Waals surface area contributed by atoms with Gasteiger partial charge in [0.2, 0.25) is 0 Å². The number of anilines is 6. The summed E-state index contributed by atoms with van der Waals surface area (Å²) in [5.74, 6) is 0. The number of hydrogen-bond donors (Lipinski definition) is 0. The second kappa shape index (κ2) is 31.9. The molecule has 0 amide bonds. The SMILES string of the molecule is CC(C)(C)c1cc2cc(c1)-c1cc(C(C)(C)C)cc(-c3ccccc3)c1N1c3cc(-n4c5ccccc5c5cc(-c6cccc(-c7ccccc7)c6)ccc54)ccc3B3c4ccc(-n5c6ccccc6c6cc(-c7cccc(-c8ccccc8)c7)ccc65)cc4N(c4cc(C(C)(C)C)cc1c43)c1c(-c3ccccc3)cc(C(C)(C)C)cc1-c1cc(ccc1C(C)(C)C)-c1ccc3oc4ccc-2cc4c3c1. The van der Waals surface area contributed by atoms with Gasteiger partial charge in [-0.15, -0.1) is 0 Å². The molecule has 5 nitrogen and oxygen atoms in total. The Labute approximate surface area is 822 Å². The van der Waals surface area contributed by atoms with E-state index in [9.17, 15) is 0 Å². The highest BCUT2D eigenvalue weighted by Crippen LogP contribution is 2.58. The molecule has 0 aliphatic carbocycles. The van der Waals surface area contributed by atoms with Gasteiger partial charge < -0.3 is 23.4 Å². The molecule has 3 aliphatic rings. The lowest BCUT2D eigenvalue weighted by molar-refractivity contribution is 0.589. The number of fused-ring (bicyclic) bond motifs is 26. The van der Waals surface area contributed by atoms with E-state index in [-0.39, 0.29) is 28.4 Å². The standard InChI is InChI=1S/C134H111BN4O/c1-130(2,3)97-67-95-66-96(68-97)107-76-98(131(4,5)6)74-105(84-38-24-18-25-39-84)128(107)138-121-80-101(136-117-48-30-28-46-103(117)109-70-91(51-60-119(109)136)88-44-32-42-86(64-88)82-34-20-16-21-35-82)55-58-115(121)135-116-59-56-102(137-118-49-31-29-47-104(118)110-71-92(52-61-120(110)137)89-45-33-43-87(65-89)83-36-22-17-23-37-83)81-122(116)139(124-79-100(133(10,11)12)78-123(138)127(124)135)129-106(85-40-26-19-27-41-85)75-99(132(7,8)9)77-113(129)108-69-90(50-57-114(108)134(13,14)15)93-53-62-125-111(72-93)112-73-94(95)54-63-126(112)140-125/h16-81H,1-15H3. The third-order valence-corrected chi connectivity index (χ3v) is 30.3. The lowest BCUT2D eigenvalue weighted by Gasteiger charge is -2.47. The molecule has 13 bridgehead atoms. The molecule has 140 heavy (non-hydrogen) atoms. The summed E-state index contributed by atoms with van der Waals surface area (Å²) in [6, 6.07) is 155. The molecular formula is C134H111BN4O. The summed E-state index contributed by atoms with van der Waals surface area (Å²) in [6.45, 7) is 35.7. The topological polar surface area (TPSA) is 29.5 Å². The molecule has 25 rings (SSSR count). The van der Waals surface area contributed by atoms with E-state index in [1.807, 2.05) is 0 Å². The monoisotopic (exact) mass is 1800 g/mol. The largest absolute Gasteiger partial charge is 0.456 e. The molecule has 0 saturated heterocycles. The molecule has 6 heterocycles. The van der Waals surface area contributed by atoms with Gasteiger partial charge in [-0.05, 0) is 306 Å². The number of rotatable bonds is 8. The fourth-order valence-electron chi connectivity index (χ4n) is 22.9. The van der Waals surface area contributed by atoms with Crippen molar-refractivity contribution >= 4 is 123 Å². The second-order valence-electron chi connectivity index (χ2n) is 44.5. The normalized spacial score (nSPS) is 13.1. The smallest absolute Gasteiger partial charge is 0.252 e. The fraction of sp³-hybridized carbons (Fsp3) is 0.149. The van der Waals surface area contributed by atoms with Gasteiger partial charge in [-0.3, -0.25) is 0 Å². The maximum atomic E-state index is 7.03. The van der Waals surface area contributed by atoms with Crippen LogP contribution in [0.25, 0.3) is 188 Å². The number of hydrogen-bond acceptors (Lipinski definition) is 3. The Morgan fingerprint density at radius 2 is 0.529 bits per heavy atom. The summed E-state index contributed by atoms with van der Waals surface area (Å²) in [6.07, 6.45) is 0. The first-order chi connectivity index (χ1) is 67.5. The van der Waals surface area contributed by atoms with Crippen LogP contribution in [-0.2, 0) is 27.1 Å². The van der Waals surface area contributed by atoms with E-state index in [1.165, 1.54) is 116 Å². The minimum Gasteiger partial charge on any atom is -0.456 e. The molecule has 3 aliphatic heterocycles. The van der Waals surface area contributed by atoms with E-state index in [4.69, 9.17) is 4.42 Å². The molecule has 0 spiro atoms. The Kier molecular flexibility index (Phi) is 19.6. The van der Waals surface area contributed by atoms with Crippen molar-refractivity contribution in [1.29, 1.82) is 0 Å². The van der Waals surface area contributed by atoms with Crippen LogP contribution in [0.1, 0.15) is 132 Å². The first kappa shape index (κ1) is 85.9. The van der Waals surface area contributed by atoms with Crippen LogP contribution in [0.15, 0.2) is 405 Å². The molecule has 0 fully saturated rings. The second-order valence-corrected chi connectivity index (χ2v) is 44.5. The summed E-state index contributed by atoms with van der Waals surface area (Å²) < 4.78 is 12.2. The van der Waals surface area contributed by atoms with Crippen LogP contribution in [-0.4, -0.2) is 15.8 Å². The third kappa shape index (κ3) is 14.2. The van der Waals surface area contributed by atoms with Crippen LogP contribution in [0.5, 0.6) is 0 Å². The van der Waals surface area contributed by atoms with Crippen molar-refractivity contribution < 1.29 is 4.42 Å². The zero-order valence-electron chi connectivity index (χ0n) is 82.4. The van der Waals surface area contributed by atoms with Gasteiger partial charge >= 0.3 is 0 Å². The summed E-state index contributed by atoms with van der Waals surface area (Å²) >= 11 is 0. The van der Waals surface area contributed by atoms with Crippen molar-refractivity contribution in [3.05, 3.63) is 428 Å². The molecule has 22 aromatic rings. The predicted molar refractivity (Wildman–Crippen MR) is 598 cm³/mol. The van der Waals surface area contributed by atoms with Gasteiger partial charge in [0.25, 0.3) is 6.71 Å². The van der Waals surface area contributed by atoms with Gasteiger partial charge in [0, 0.05) is 88.7 Å². The third-order valence-electron chi connectivity index (χ3n) is 30.3. The van der Waals surface area contributed by atoms with Gasteiger partial charge in [0.1, 0.15) is 11.2 Å². The summed E-state index contributed by atoms with van der Waals surface area (Å²) in [7, 11) is 0. The van der Waals surface area contributed by atoms with Crippen LogP contribution < -0.4 is 26.2 Å². The van der Waals surface area contributed by atoms with Crippen molar-refractivity contribution in [1.82, 2.24) is 9.13 Å². The van der Waals surface area contributed by atoms with Crippen molar-refractivity contribution in [3.63, 3.8) is 0 Å². The molecule has 676 valence electrons. The number of aromatic nitrogens is 2. The quantitative estimate of drug-likeness (QED) is 0.142. The van der Waals surface area contributed by atoms with E-state index in [0.29, 0.717) is 0 Å². The highest BCUT2D eigenvalue weighted by Gasteiger charge is 2.48. The molecule has 0 unspecified atom stereocenters. The Hall–Kier alpha value is -15.8. The highest BCUT2D eigenvalue weighted by atomic mass is 16.3. The number of furan rings is 1. The maximum absolute atomic E-state index is 7.03. The van der Waals surface area contributed by atoms with Gasteiger partial charge in [-0.1, -0.05) is 359 Å².